The summed E-state index contributed by atoms with van der Waals surface area (Å²) in [6.07, 6.45) is 1.39. The van der Waals surface area contributed by atoms with Gasteiger partial charge in [-0.1, -0.05) is 0 Å². The third-order valence-electron chi connectivity index (χ3n) is 2.62. The number of hydrogen-bond acceptors (Lipinski definition) is 5. The van der Waals surface area contributed by atoms with Crippen LogP contribution in [0.5, 0.6) is 0 Å². The number of halogens is 1. The molecule has 2 heterocycles. The molecule has 1 aromatic heterocycles. The van der Waals surface area contributed by atoms with Gasteiger partial charge in [-0.15, -0.1) is 0 Å². The third-order valence-corrected chi connectivity index (χ3v) is 3.06. The van der Waals surface area contributed by atoms with Crippen molar-refractivity contribution in [3.63, 3.8) is 0 Å². The van der Waals surface area contributed by atoms with E-state index in [1.165, 1.54) is 6.33 Å². The molecule has 1 aromatic rings. The van der Waals surface area contributed by atoms with E-state index in [2.05, 4.69) is 37.7 Å². The molecule has 0 aromatic carbocycles. The van der Waals surface area contributed by atoms with Crippen LogP contribution in [-0.2, 0) is 4.74 Å². The molecule has 1 N–H and O–H groups in total. The van der Waals surface area contributed by atoms with E-state index in [-0.39, 0.29) is 18.8 Å². The molecule has 0 spiro atoms. The number of anilines is 1. The lowest BCUT2D eigenvalue weighted by atomic mass is 10.2. The second-order valence-electron chi connectivity index (χ2n) is 3.84. The van der Waals surface area contributed by atoms with Crippen molar-refractivity contribution in [1.82, 2.24) is 9.97 Å². The molecular weight excluding hydrogens is 274 g/mol. The van der Waals surface area contributed by atoms with Crippen molar-refractivity contribution in [3.05, 3.63) is 17.0 Å². The Labute approximate surface area is 103 Å². The van der Waals surface area contributed by atoms with Gasteiger partial charge >= 0.3 is 0 Å². The standard InChI is InChI=1S/C10H14BrN3O2/c1-7-5-16-8(4-15)3-14(7)10-2-9(11)12-6-13-10/h2,6-8,15H,3-5H2,1H3. The van der Waals surface area contributed by atoms with E-state index < -0.39 is 0 Å². The molecular formula is C10H14BrN3O2. The van der Waals surface area contributed by atoms with Gasteiger partial charge in [0.15, 0.2) is 0 Å². The largest absolute Gasteiger partial charge is 0.394 e. The smallest absolute Gasteiger partial charge is 0.133 e. The maximum absolute atomic E-state index is 9.10. The molecule has 0 saturated carbocycles. The number of hydrogen-bond donors (Lipinski definition) is 1. The minimum atomic E-state index is -0.134. The summed E-state index contributed by atoms with van der Waals surface area (Å²) in [5.74, 6) is 0.858. The fraction of sp³-hybridized carbons (Fsp3) is 0.600. The molecule has 1 aliphatic rings. The Bertz CT molecular complexity index is 364. The maximum atomic E-state index is 9.10. The van der Waals surface area contributed by atoms with Crippen molar-refractivity contribution in [1.29, 1.82) is 0 Å². The number of aliphatic hydroxyl groups excluding tert-OH is 1. The van der Waals surface area contributed by atoms with Gasteiger partial charge in [-0.2, -0.15) is 0 Å². The summed E-state index contributed by atoms with van der Waals surface area (Å²) < 4.78 is 6.24. The summed E-state index contributed by atoms with van der Waals surface area (Å²) in [5, 5.41) is 9.10. The number of morpholine rings is 1. The van der Waals surface area contributed by atoms with Crippen LogP contribution in [0.15, 0.2) is 17.0 Å². The Balaban J connectivity index is 2.17. The number of rotatable bonds is 2. The van der Waals surface area contributed by atoms with Crippen molar-refractivity contribution < 1.29 is 9.84 Å². The highest BCUT2D eigenvalue weighted by molar-refractivity contribution is 9.10. The average Bonchev–Trinajstić information content (AvgIpc) is 2.30. The monoisotopic (exact) mass is 287 g/mol. The van der Waals surface area contributed by atoms with E-state index in [1.54, 1.807) is 0 Å². The molecule has 1 aliphatic heterocycles. The van der Waals surface area contributed by atoms with E-state index in [0.717, 1.165) is 10.4 Å². The minimum Gasteiger partial charge on any atom is -0.394 e. The Kier molecular flexibility index (Phi) is 3.73. The quantitative estimate of drug-likeness (QED) is 0.817. The highest BCUT2D eigenvalue weighted by Crippen LogP contribution is 2.21. The molecule has 2 atom stereocenters. The zero-order valence-electron chi connectivity index (χ0n) is 9.01. The van der Waals surface area contributed by atoms with Gasteiger partial charge in [0.2, 0.25) is 0 Å². The molecule has 16 heavy (non-hydrogen) atoms. The molecule has 0 radical (unpaired) electrons. The van der Waals surface area contributed by atoms with Crippen molar-refractivity contribution in [3.8, 4) is 0 Å². The van der Waals surface area contributed by atoms with Crippen molar-refractivity contribution >= 4 is 21.7 Å². The Morgan fingerprint density at radius 3 is 3.12 bits per heavy atom. The Morgan fingerprint density at radius 2 is 2.44 bits per heavy atom. The van der Waals surface area contributed by atoms with Crippen LogP contribution in [0.2, 0.25) is 0 Å². The molecule has 1 fully saturated rings. The topological polar surface area (TPSA) is 58.5 Å². The van der Waals surface area contributed by atoms with Gasteiger partial charge in [0.25, 0.3) is 0 Å². The number of ether oxygens (including phenoxy) is 1. The minimum absolute atomic E-state index is 0.0372. The predicted octanol–water partition coefficient (Wildman–Crippen LogP) is 0.825. The van der Waals surface area contributed by atoms with E-state index in [0.29, 0.717) is 13.2 Å². The van der Waals surface area contributed by atoms with Crippen molar-refractivity contribution in [2.24, 2.45) is 0 Å². The summed E-state index contributed by atoms with van der Waals surface area (Å²) in [6.45, 7) is 3.37. The lowest BCUT2D eigenvalue weighted by Gasteiger charge is -2.38. The second-order valence-corrected chi connectivity index (χ2v) is 4.65. The summed E-state index contributed by atoms with van der Waals surface area (Å²) >= 11 is 3.32. The molecule has 0 amide bonds. The van der Waals surface area contributed by atoms with Gasteiger partial charge in [0, 0.05) is 12.6 Å². The molecule has 0 aliphatic carbocycles. The second kappa shape index (κ2) is 5.07. The average molecular weight is 288 g/mol. The first kappa shape index (κ1) is 11.8. The number of aliphatic hydroxyl groups is 1. The molecule has 0 bridgehead atoms. The molecule has 5 nitrogen and oxygen atoms in total. The molecule has 2 rings (SSSR count). The lowest BCUT2D eigenvalue weighted by molar-refractivity contribution is -0.0105. The highest BCUT2D eigenvalue weighted by atomic mass is 79.9. The molecule has 1 saturated heterocycles. The van der Waals surface area contributed by atoms with Crippen LogP contribution in [0.4, 0.5) is 5.82 Å². The molecule has 6 heteroatoms. The van der Waals surface area contributed by atoms with Gasteiger partial charge in [0.1, 0.15) is 16.7 Å². The summed E-state index contributed by atoms with van der Waals surface area (Å²) in [7, 11) is 0. The van der Waals surface area contributed by atoms with Crippen LogP contribution in [0.1, 0.15) is 6.92 Å². The first-order valence-electron chi connectivity index (χ1n) is 5.17. The van der Waals surface area contributed by atoms with E-state index >= 15 is 0 Å². The van der Waals surface area contributed by atoms with Crippen LogP contribution in [-0.4, -0.2) is 47.0 Å². The summed E-state index contributed by atoms with van der Waals surface area (Å²) in [5.41, 5.74) is 0. The van der Waals surface area contributed by atoms with Crippen LogP contribution in [0.3, 0.4) is 0 Å². The zero-order valence-corrected chi connectivity index (χ0v) is 10.6. The summed E-state index contributed by atoms with van der Waals surface area (Å²) in [4.78, 5) is 10.3. The summed E-state index contributed by atoms with van der Waals surface area (Å²) in [6, 6.07) is 2.13. The fourth-order valence-corrected chi connectivity index (χ4v) is 2.02. The SMILES string of the molecule is CC1COC(CO)CN1c1cc(Br)ncn1. The van der Waals surface area contributed by atoms with Crippen LogP contribution in [0.25, 0.3) is 0 Å². The number of nitrogens with zero attached hydrogens (tertiary/aromatic N) is 3. The first-order valence-corrected chi connectivity index (χ1v) is 5.96. The zero-order chi connectivity index (χ0) is 11.5. The van der Waals surface area contributed by atoms with Gasteiger partial charge < -0.3 is 14.7 Å². The van der Waals surface area contributed by atoms with E-state index in [9.17, 15) is 0 Å². The normalized spacial score (nSPS) is 25.8. The van der Waals surface area contributed by atoms with Crippen LogP contribution >= 0.6 is 15.9 Å². The third kappa shape index (κ3) is 2.50. The Morgan fingerprint density at radius 1 is 1.62 bits per heavy atom. The van der Waals surface area contributed by atoms with E-state index in [1.807, 2.05) is 6.07 Å². The first-order chi connectivity index (χ1) is 7.70. The highest BCUT2D eigenvalue weighted by Gasteiger charge is 2.26. The number of aromatic nitrogens is 2. The van der Waals surface area contributed by atoms with Gasteiger partial charge in [-0.3, -0.25) is 0 Å². The maximum Gasteiger partial charge on any atom is 0.133 e. The van der Waals surface area contributed by atoms with Crippen molar-refractivity contribution in [2.45, 2.75) is 19.1 Å². The molecule has 88 valence electrons. The van der Waals surface area contributed by atoms with Crippen LogP contribution < -0.4 is 4.90 Å². The van der Waals surface area contributed by atoms with Gasteiger partial charge in [-0.25, -0.2) is 9.97 Å². The van der Waals surface area contributed by atoms with Crippen molar-refractivity contribution in [2.75, 3.05) is 24.7 Å². The lowest BCUT2D eigenvalue weighted by Crippen LogP contribution is -2.50. The predicted molar refractivity (Wildman–Crippen MR) is 63.4 cm³/mol. The van der Waals surface area contributed by atoms with Gasteiger partial charge in [-0.05, 0) is 22.9 Å². The molecule has 2 unspecified atom stereocenters. The van der Waals surface area contributed by atoms with E-state index in [4.69, 9.17) is 9.84 Å². The van der Waals surface area contributed by atoms with Gasteiger partial charge in [0.05, 0.1) is 25.4 Å². The van der Waals surface area contributed by atoms with Crippen LogP contribution in [0, 0.1) is 0 Å². The Hall–Kier alpha value is -0.720. The fourth-order valence-electron chi connectivity index (χ4n) is 1.73.